The van der Waals surface area contributed by atoms with Crippen LogP contribution in [0.25, 0.3) is 0 Å². The molecule has 1 aromatic rings. The van der Waals surface area contributed by atoms with Gasteiger partial charge < -0.3 is 5.32 Å². The smallest absolute Gasteiger partial charge is 0.227 e. The predicted molar refractivity (Wildman–Crippen MR) is 84.7 cm³/mol. The van der Waals surface area contributed by atoms with Crippen LogP contribution in [0.2, 0.25) is 0 Å². The lowest BCUT2D eigenvalue weighted by Crippen LogP contribution is -2.36. The van der Waals surface area contributed by atoms with Crippen molar-refractivity contribution in [1.29, 1.82) is 5.26 Å². The Morgan fingerprint density at radius 3 is 2.62 bits per heavy atom. The van der Waals surface area contributed by atoms with Crippen molar-refractivity contribution < 1.29 is 4.79 Å². The zero-order valence-corrected chi connectivity index (χ0v) is 13.1. The molecule has 1 saturated carbocycles. The molecular formula is C18H24N2O. The largest absolute Gasteiger partial charge is 0.326 e. The third-order valence-corrected chi connectivity index (χ3v) is 5.06. The van der Waals surface area contributed by atoms with E-state index < -0.39 is 0 Å². The number of carbonyl (C=O) groups is 1. The number of nitrogens with zero attached hydrogens (tertiary/aromatic N) is 1. The van der Waals surface area contributed by atoms with E-state index in [1.807, 2.05) is 0 Å². The molecule has 3 heteroatoms. The molecule has 0 radical (unpaired) electrons. The summed E-state index contributed by atoms with van der Waals surface area (Å²) >= 11 is 0. The maximum absolute atomic E-state index is 12.5. The van der Waals surface area contributed by atoms with Gasteiger partial charge in [-0.3, -0.25) is 4.79 Å². The summed E-state index contributed by atoms with van der Waals surface area (Å²) in [6.07, 6.45) is 4.28. The predicted octanol–water partition coefficient (Wildman–Crippen LogP) is 4.35. The SMILES string of the molecule is CC(C)C1(C)CCCC(C(=O)Nc2ccc(C#N)cc2)C1. The Morgan fingerprint density at radius 2 is 2.05 bits per heavy atom. The molecular weight excluding hydrogens is 260 g/mol. The van der Waals surface area contributed by atoms with Crippen LogP contribution in [0.3, 0.4) is 0 Å². The van der Waals surface area contributed by atoms with E-state index in [0.717, 1.165) is 24.9 Å². The molecule has 1 aromatic carbocycles. The lowest BCUT2D eigenvalue weighted by atomic mass is 9.65. The summed E-state index contributed by atoms with van der Waals surface area (Å²) in [6.45, 7) is 6.81. The second kappa shape index (κ2) is 6.30. The summed E-state index contributed by atoms with van der Waals surface area (Å²) in [4.78, 5) is 12.5. The molecule has 1 N–H and O–H groups in total. The van der Waals surface area contributed by atoms with Gasteiger partial charge in [0, 0.05) is 11.6 Å². The fraction of sp³-hybridized carbons (Fsp3) is 0.556. The van der Waals surface area contributed by atoms with Crippen LogP contribution in [-0.4, -0.2) is 5.91 Å². The van der Waals surface area contributed by atoms with E-state index in [1.165, 1.54) is 6.42 Å². The average molecular weight is 284 g/mol. The van der Waals surface area contributed by atoms with Crippen LogP contribution in [0, 0.1) is 28.6 Å². The van der Waals surface area contributed by atoms with E-state index in [-0.39, 0.29) is 17.2 Å². The summed E-state index contributed by atoms with van der Waals surface area (Å²) in [6, 6.07) is 9.13. The van der Waals surface area contributed by atoms with Crippen LogP contribution in [-0.2, 0) is 4.79 Å². The number of amides is 1. The lowest BCUT2D eigenvalue weighted by Gasteiger charge is -2.40. The summed E-state index contributed by atoms with van der Waals surface area (Å²) in [5.74, 6) is 0.816. The summed E-state index contributed by atoms with van der Waals surface area (Å²) < 4.78 is 0. The van der Waals surface area contributed by atoms with Crippen molar-refractivity contribution >= 4 is 11.6 Å². The van der Waals surface area contributed by atoms with Crippen molar-refractivity contribution in [3.8, 4) is 6.07 Å². The van der Waals surface area contributed by atoms with E-state index >= 15 is 0 Å². The first-order chi connectivity index (χ1) is 9.94. The van der Waals surface area contributed by atoms with Gasteiger partial charge in [0.25, 0.3) is 0 Å². The minimum absolute atomic E-state index is 0.0989. The summed E-state index contributed by atoms with van der Waals surface area (Å²) in [5.41, 5.74) is 1.65. The highest BCUT2D eigenvalue weighted by atomic mass is 16.1. The van der Waals surface area contributed by atoms with Gasteiger partial charge in [-0.1, -0.05) is 27.2 Å². The van der Waals surface area contributed by atoms with Crippen LogP contribution in [0.15, 0.2) is 24.3 Å². The Kier molecular flexibility index (Phi) is 4.67. The van der Waals surface area contributed by atoms with Crippen molar-refractivity contribution in [3.05, 3.63) is 29.8 Å². The Morgan fingerprint density at radius 1 is 1.38 bits per heavy atom. The van der Waals surface area contributed by atoms with Gasteiger partial charge in [0.2, 0.25) is 5.91 Å². The molecule has 1 fully saturated rings. The topological polar surface area (TPSA) is 52.9 Å². The molecule has 0 aliphatic heterocycles. The molecule has 1 aliphatic rings. The molecule has 21 heavy (non-hydrogen) atoms. The monoisotopic (exact) mass is 284 g/mol. The molecule has 112 valence electrons. The summed E-state index contributed by atoms with van der Waals surface area (Å²) in [5, 5.41) is 11.8. The fourth-order valence-corrected chi connectivity index (χ4v) is 3.14. The number of anilines is 1. The Balaban J connectivity index is 2.01. The maximum atomic E-state index is 12.5. The van der Waals surface area contributed by atoms with Crippen LogP contribution in [0.1, 0.15) is 52.0 Å². The zero-order valence-electron chi connectivity index (χ0n) is 13.1. The second-order valence-corrected chi connectivity index (χ2v) is 6.78. The highest BCUT2D eigenvalue weighted by molar-refractivity contribution is 5.92. The zero-order chi connectivity index (χ0) is 15.5. The number of carbonyl (C=O) groups excluding carboxylic acids is 1. The number of hydrogen-bond donors (Lipinski definition) is 1. The lowest BCUT2D eigenvalue weighted by molar-refractivity contribution is -0.122. The molecule has 0 bridgehead atoms. The van der Waals surface area contributed by atoms with E-state index in [4.69, 9.17) is 5.26 Å². The Labute approximate surface area is 127 Å². The average Bonchev–Trinajstić information content (AvgIpc) is 2.48. The fourth-order valence-electron chi connectivity index (χ4n) is 3.14. The van der Waals surface area contributed by atoms with Crippen LogP contribution in [0.5, 0.6) is 0 Å². The van der Waals surface area contributed by atoms with Crippen LogP contribution in [0.4, 0.5) is 5.69 Å². The van der Waals surface area contributed by atoms with E-state index in [2.05, 4.69) is 32.2 Å². The van der Waals surface area contributed by atoms with Crippen molar-refractivity contribution in [1.82, 2.24) is 0 Å². The van der Waals surface area contributed by atoms with E-state index in [9.17, 15) is 4.79 Å². The molecule has 0 spiro atoms. The molecule has 1 amide bonds. The molecule has 2 atom stereocenters. The molecule has 0 heterocycles. The number of nitrogens with one attached hydrogen (secondary N) is 1. The van der Waals surface area contributed by atoms with Crippen LogP contribution < -0.4 is 5.32 Å². The summed E-state index contributed by atoms with van der Waals surface area (Å²) in [7, 11) is 0. The molecule has 2 unspecified atom stereocenters. The van der Waals surface area contributed by atoms with Crippen molar-refractivity contribution in [2.75, 3.05) is 5.32 Å². The van der Waals surface area contributed by atoms with Gasteiger partial charge in [-0.15, -0.1) is 0 Å². The van der Waals surface area contributed by atoms with Gasteiger partial charge in [0.1, 0.15) is 0 Å². The van der Waals surface area contributed by atoms with Gasteiger partial charge in [-0.25, -0.2) is 0 Å². The number of benzene rings is 1. The number of nitriles is 1. The van der Waals surface area contributed by atoms with Gasteiger partial charge in [0.05, 0.1) is 11.6 Å². The highest BCUT2D eigenvalue weighted by Gasteiger charge is 2.37. The van der Waals surface area contributed by atoms with E-state index in [1.54, 1.807) is 24.3 Å². The van der Waals surface area contributed by atoms with Crippen molar-refractivity contribution in [2.24, 2.45) is 17.3 Å². The molecule has 3 nitrogen and oxygen atoms in total. The maximum Gasteiger partial charge on any atom is 0.227 e. The van der Waals surface area contributed by atoms with Crippen molar-refractivity contribution in [2.45, 2.75) is 46.5 Å². The minimum atomic E-state index is 0.0989. The quantitative estimate of drug-likeness (QED) is 0.897. The number of rotatable bonds is 3. The third-order valence-electron chi connectivity index (χ3n) is 5.06. The molecule has 1 aliphatic carbocycles. The van der Waals surface area contributed by atoms with Crippen molar-refractivity contribution in [3.63, 3.8) is 0 Å². The normalized spacial score (nSPS) is 25.4. The highest BCUT2D eigenvalue weighted by Crippen LogP contribution is 2.44. The number of hydrogen-bond acceptors (Lipinski definition) is 2. The van der Waals surface area contributed by atoms with Gasteiger partial charge in [-0.05, 0) is 54.9 Å². The van der Waals surface area contributed by atoms with Gasteiger partial charge in [-0.2, -0.15) is 5.26 Å². The Hall–Kier alpha value is -1.82. The Bertz CT molecular complexity index is 541. The van der Waals surface area contributed by atoms with Gasteiger partial charge in [0.15, 0.2) is 0 Å². The first-order valence-electron chi connectivity index (χ1n) is 7.75. The van der Waals surface area contributed by atoms with E-state index in [0.29, 0.717) is 11.5 Å². The van der Waals surface area contributed by atoms with Gasteiger partial charge >= 0.3 is 0 Å². The molecule has 0 saturated heterocycles. The molecule has 2 rings (SSSR count). The second-order valence-electron chi connectivity index (χ2n) is 6.78. The van der Waals surface area contributed by atoms with Crippen LogP contribution >= 0.6 is 0 Å². The minimum Gasteiger partial charge on any atom is -0.326 e. The first kappa shape index (κ1) is 15.6. The third kappa shape index (κ3) is 3.64. The first-order valence-corrected chi connectivity index (χ1v) is 7.75. The molecule has 0 aromatic heterocycles. The standard InChI is InChI=1S/C18H24N2O/c1-13(2)18(3)10-4-5-15(11-18)17(21)20-16-8-6-14(12-19)7-9-16/h6-9,13,15H,4-5,10-11H2,1-3H3,(H,20,21).